The van der Waals surface area contributed by atoms with E-state index in [0.717, 1.165) is 0 Å². The van der Waals surface area contributed by atoms with Gasteiger partial charge in [-0.2, -0.15) is 0 Å². The van der Waals surface area contributed by atoms with Crippen molar-refractivity contribution in [2.45, 2.75) is 45.6 Å². The first kappa shape index (κ1) is 10.4. The predicted molar refractivity (Wildman–Crippen MR) is 56.7 cm³/mol. The zero-order chi connectivity index (χ0) is 9.90. The topological polar surface area (TPSA) is 50.4 Å². The summed E-state index contributed by atoms with van der Waals surface area (Å²) < 4.78 is 0. The van der Waals surface area contributed by atoms with Crippen LogP contribution in [0.25, 0.3) is 0 Å². The normalized spacial score (nSPS) is 28.5. The minimum absolute atomic E-state index is 0.462. The lowest BCUT2D eigenvalue weighted by atomic mass is 9.75. The van der Waals surface area contributed by atoms with Gasteiger partial charge in [-0.15, -0.1) is 0 Å². The van der Waals surface area contributed by atoms with Crippen molar-refractivity contribution in [1.29, 1.82) is 0 Å². The highest BCUT2D eigenvalue weighted by atomic mass is 15.1. The maximum Gasteiger partial charge on any atom is 0.188 e. The minimum atomic E-state index is 0.462. The summed E-state index contributed by atoms with van der Waals surface area (Å²) in [5, 5.41) is 3.25. The zero-order valence-electron chi connectivity index (χ0n) is 8.93. The molecule has 0 radical (unpaired) electrons. The summed E-state index contributed by atoms with van der Waals surface area (Å²) in [5.41, 5.74) is 6.09. The molecule has 0 saturated heterocycles. The summed E-state index contributed by atoms with van der Waals surface area (Å²) in [6, 6.07) is 0.521. The first-order valence-corrected chi connectivity index (χ1v) is 5.02. The van der Waals surface area contributed by atoms with E-state index in [-0.39, 0.29) is 0 Å². The molecular formula is C10H21N3. The third-order valence-electron chi connectivity index (χ3n) is 2.80. The van der Waals surface area contributed by atoms with E-state index in [1.54, 1.807) is 7.05 Å². The van der Waals surface area contributed by atoms with E-state index in [0.29, 0.717) is 17.4 Å². The molecule has 13 heavy (non-hydrogen) atoms. The summed E-state index contributed by atoms with van der Waals surface area (Å²) in [4.78, 5) is 3.91. The Bertz CT molecular complexity index is 196. The van der Waals surface area contributed by atoms with E-state index in [1.165, 1.54) is 25.7 Å². The van der Waals surface area contributed by atoms with Crippen LogP contribution in [-0.4, -0.2) is 19.0 Å². The van der Waals surface area contributed by atoms with Crippen molar-refractivity contribution in [3.63, 3.8) is 0 Å². The molecule has 0 aromatic heterocycles. The Morgan fingerprint density at radius 1 is 1.54 bits per heavy atom. The molecule has 0 aromatic carbocycles. The summed E-state index contributed by atoms with van der Waals surface area (Å²) in [7, 11) is 1.72. The molecule has 0 aromatic rings. The number of nitrogens with zero attached hydrogens (tertiary/aromatic N) is 1. The van der Waals surface area contributed by atoms with Crippen LogP contribution in [0.3, 0.4) is 0 Å². The van der Waals surface area contributed by atoms with Crippen molar-refractivity contribution in [3.8, 4) is 0 Å². The molecule has 1 unspecified atom stereocenters. The molecule has 0 amide bonds. The molecule has 0 aliphatic heterocycles. The maximum absolute atomic E-state index is 5.63. The fraction of sp³-hybridized carbons (Fsp3) is 0.900. The Hall–Kier alpha value is -0.730. The highest BCUT2D eigenvalue weighted by Crippen LogP contribution is 2.34. The number of nitrogens with two attached hydrogens (primary N) is 1. The highest BCUT2D eigenvalue weighted by Gasteiger charge is 2.27. The van der Waals surface area contributed by atoms with Gasteiger partial charge in [-0.1, -0.05) is 20.3 Å². The third kappa shape index (κ3) is 3.25. The van der Waals surface area contributed by atoms with Crippen molar-refractivity contribution < 1.29 is 0 Å². The van der Waals surface area contributed by atoms with E-state index < -0.39 is 0 Å². The van der Waals surface area contributed by atoms with Crippen molar-refractivity contribution in [1.82, 2.24) is 5.32 Å². The molecule has 76 valence electrons. The van der Waals surface area contributed by atoms with Crippen molar-refractivity contribution in [3.05, 3.63) is 0 Å². The van der Waals surface area contributed by atoms with Crippen LogP contribution in [0, 0.1) is 5.41 Å². The molecule has 3 N–H and O–H groups in total. The second-order valence-corrected chi connectivity index (χ2v) is 4.71. The average Bonchev–Trinajstić information content (AvgIpc) is 2.02. The van der Waals surface area contributed by atoms with E-state index in [2.05, 4.69) is 24.2 Å². The van der Waals surface area contributed by atoms with Crippen LogP contribution in [-0.2, 0) is 0 Å². The Morgan fingerprint density at radius 3 is 2.77 bits per heavy atom. The van der Waals surface area contributed by atoms with Gasteiger partial charge in [0.05, 0.1) is 0 Å². The molecule has 3 nitrogen and oxygen atoms in total. The van der Waals surface area contributed by atoms with Crippen LogP contribution < -0.4 is 11.1 Å². The van der Waals surface area contributed by atoms with Gasteiger partial charge in [-0.25, -0.2) is 0 Å². The number of hydrogen-bond acceptors (Lipinski definition) is 1. The highest BCUT2D eigenvalue weighted by molar-refractivity contribution is 5.77. The van der Waals surface area contributed by atoms with E-state index >= 15 is 0 Å². The summed E-state index contributed by atoms with van der Waals surface area (Å²) in [6.45, 7) is 4.64. The molecule has 3 heteroatoms. The largest absolute Gasteiger partial charge is 0.370 e. The Morgan fingerprint density at radius 2 is 2.23 bits per heavy atom. The Labute approximate surface area is 80.8 Å². The van der Waals surface area contributed by atoms with Crippen LogP contribution in [0.5, 0.6) is 0 Å². The molecule has 1 aliphatic rings. The molecule has 0 heterocycles. The molecule has 1 saturated carbocycles. The lowest BCUT2D eigenvalue weighted by Crippen LogP contribution is -2.44. The van der Waals surface area contributed by atoms with E-state index in [4.69, 9.17) is 5.73 Å². The van der Waals surface area contributed by atoms with Gasteiger partial charge in [-0.05, 0) is 24.7 Å². The Kier molecular flexibility index (Phi) is 3.17. The number of rotatable bonds is 1. The van der Waals surface area contributed by atoms with Crippen molar-refractivity contribution in [2.75, 3.05) is 7.05 Å². The molecule has 1 atom stereocenters. The average molecular weight is 183 g/mol. The van der Waals surface area contributed by atoms with E-state index in [1.807, 2.05) is 0 Å². The maximum atomic E-state index is 5.63. The predicted octanol–water partition coefficient (Wildman–Crippen LogP) is 1.49. The van der Waals surface area contributed by atoms with Gasteiger partial charge in [0, 0.05) is 13.1 Å². The molecule has 1 rings (SSSR count). The lowest BCUT2D eigenvalue weighted by Gasteiger charge is -2.35. The Balaban J connectivity index is 2.43. The zero-order valence-corrected chi connectivity index (χ0v) is 8.93. The van der Waals surface area contributed by atoms with Gasteiger partial charge >= 0.3 is 0 Å². The number of hydrogen-bond donors (Lipinski definition) is 2. The van der Waals surface area contributed by atoms with E-state index in [9.17, 15) is 0 Å². The summed E-state index contributed by atoms with van der Waals surface area (Å²) in [5.74, 6) is 0.572. The van der Waals surface area contributed by atoms with Crippen LogP contribution in [0.15, 0.2) is 4.99 Å². The third-order valence-corrected chi connectivity index (χ3v) is 2.80. The van der Waals surface area contributed by atoms with Gasteiger partial charge < -0.3 is 11.1 Å². The first-order chi connectivity index (χ1) is 6.03. The van der Waals surface area contributed by atoms with Crippen LogP contribution in [0.2, 0.25) is 0 Å². The van der Waals surface area contributed by atoms with Gasteiger partial charge in [0.15, 0.2) is 5.96 Å². The van der Waals surface area contributed by atoms with Gasteiger partial charge in [0.2, 0.25) is 0 Å². The molecule has 1 aliphatic carbocycles. The molecule has 1 fully saturated rings. The minimum Gasteiger partial charge on any atom is -0.370 e. The number of guanidine groups is 1. The SMILES string of the molecule is CN=C(N)NC1CCCC(C)(C)C1. The van der Waals surface area contributed by atoms with Crippen molar-refractivity contribution in [2.24, 2.45) is 16.1 Å². The fourth-order valence-corrected chi connectivity index (χ4v) is 2.10. The molecule has 0 spiro atoms. The first-order valence-electron chi connectivity index (χ1n) is 5.02. The quantitative estimate of drug-likeness (QED) is 0.478. The summed E-state index contributed by atoms with van der Waals surface area (Å²) >= 11 is 0. The van der Waals surface area contributed by atoms with Crippen LogP contribution >= 0.6 is 0 Å². The fourth-order valence-electron chi connectivity index (χ4n) is 2.10. The van der Waals surface area contributed by atoms with Crippen LogP contribution in [0.1, 0.15) is 39.5 Å². The van der Waals surface area contributed by atoms with Crippen LogP contribution in [0.4, 0.5) is 0 Å². The standard InChI is InChI=1S/C10H21N3/c1-10(2)6-4-5-8(7-10)13-9(11)12-3/h8H,4-7H2,1-3H3,(H3,11,12,13). The van der Waals surface area contributed by atoms with Gasteiger partial charge in [-0.3, -0.25) is 4.99 Å². The summed E-state index contributed by atoms with van der Waals surface area (Å²) in [6.07, 6.45) is 5.04. The number of aliphatic imine (C=N–C) groups is 1. The second-order valence-electron chi connectivity index (χ2n) is 4.71. The molecular weight excluding hydrogens is 162 g/mol. The second kappa shape index (κ2) is 3.99. The van der Waals surface area contributed by atoms with Crippen molar-refractivity contribution >= 4 is 5.96 Å². The molecule has 0 bridgehead atoms. The monoisotopic (exact) mass is 183 g/mol. The van der Waals surface area contributed by atoms with Gasteiger partial charge in [0.1, 0.15) is 0 Å². The lowest BCUT2D eigenvalue weighted by molar-refractivity contribution is 0.210. The number of nitrogens with one attached hydrogen (secondary N) is 1. The smallest absolute Gasteiger partial charge is 0.188 e. The van der Waals surface area contributed by atoms with Gasteiger partial charge in [0.25, 0.3) is 0 Å².